The van der Waals surface area contributed by atoms with Gasteiger partial charge in [-0.3, -0.25) is 4.90 Å². The van der Waals surface area contributed by atoms with Crippen molar-refractivity contribution in [2.45, 2.75) is 51.0 Å². The fourth-order valence-corrected chi connectivity index (χ4v) is 3.93. The number of nitrogens with zero attached hydrogens (tertiary/aromatic N) is 1. The maximum atomic E-state index is 2.80. The van der Waals surface area contributed by atoms with Crippen molar-refractivity contribution >= 4 is 0 Å². The van der Waals surface area contributed by atoms with Crippen molar-refractivity contribution in [3.05, 3.63) is 35.9 Å². The van der Waals surface area contributed by atoms with Gasteiger partial charge in [0.2, 0.25) is 0 Å². The molecule has 2 fully saturated rings. The van der Waals surface area contributed by atoms with Crippen molar-refractivity contribution in [2.75, 3.05) is 13.1 Å². The van der Waals surface area contributed by atoms with Gasteiger partial charge in [-0.15, -0.1) is 0 Å². The maximum Gasteiger partial charge on any atom is 0.0460 e. The molecule has 0 amide bonds. The lowest BCUT2D eigenvalue weighted by atomic mass is 9.83. The molecule has 1 aromatic carbocycles. The molecule has 0 aromatic heterocycles. The summed E-state index contributed by atoms with van der Waals surface area (Å²) < 4.78 is 0. The first-order chi connectivity index (χ1) is 8.81. The lowest BCUT2D eigenvalue weighted by molar-refractivity contribution is 0.0536. The summed E-state index contributed by atoms with van der Waals surface area (Å²) in [7, 11) is 0. The lowest BCUT2D eigenvalue weighted by Gasteiger charge is -2.45. The highest BCUT2D eigenvalue weighted by Crippen LogP contribution is 2.45. The smallest absolute Gasteiger partial charge is 0.0460 e. The summed E-state index contributed by atoms with van der Waals surface area (Å²) in [5, 5.41) is 0. The molecule has 98 valence electrons. The average molecular weight is 243 g/mol. The monoisotopic (exact) mass is 243 g/mol. The molecule has 18 heavy (non-hydrogen) atoms. The fraction of sp³-hybridized carbons (Fsp3) is 0.647. The minimum absolute atomic E-state index is 0.376. The second-order valence-electron chi connectivity index (χ2n) is 6.27. The molecule has 0 radical (unpaired) electrons. The van der Waals surface area contributed by atoms with E-state index in [1.54, 1.807) is 5.56 Å². The SMILES string of the molecule is CC1CCN(C2(c3ccccc3)CCCC2)CC1. The zero-order valence-electron chi connectivity index (χ0n) is 11.6. The van der Waals surface area contributed by atoms with E-state index in [0.717, 1.165) is 5.92 Å². The van der Waals surface area contributed by atoms with Crippen LogP contribution in [0.2, 0.25) is 0 Å². The third-order valence-corrected chi connectivity index (χ3v) is 5.13. The van der Waals surface area contributed by atoms with Crippen LogP contribution in [0.4, 0.5) is 0 Å². The second-order valence-corrected chi connectivity index (χ2v) is 6.27. The van der Waals surface area contributed by atoms with Gasteiger partial charge >= 0.3 is 0 Å². The molecule has 1 saturated heterocycles. The number of hydrogen-bond acceptors (Lipinski definition) is 1. The Morgan fingerprint density at radius 1 is 1.00 bits per heavy atom. The van der Waals surface area contributed by atoms with Crippen LogP contribution in [0.15, 0.2) is 30.3 Å². The van der Waals surface area contributed by atoms with Crippen LogP contribution >= 0.6 is 0 Å². The molecule has 1 aliphatic heterocycles. The van der Waals surface area contributed by atoms with Gasteiger partial charge in [0.1, 0.15) is 0 Å². The van der Waals surface area contributed by atoms with E-state index in [0.29, 0.717) is 5.54 Å². The second kappa shape index (κ2) is 5.05. The number of likely N-dealkylation sites (tertiary alicyclic amines) is 1. The Bertz CT molecular complexity index is 370. The van der Waals surface area contributed by atoms with Crippen molar-refractivity contribution in [1.29, 1.82) is 0 Å². The molecule has 3 rings (SSSR count). The Labute approximate surface area is 111 Å². The molecule has 2 aliphatic rings. The Morgan fingerprint density at radius 2 is 1.61 bits per heavy atom. The van der Waals surface area contributed by atoms with Gasteiger partial charge in [0.05, 0.1) is 0 Å². The molecule has 0 bridgehead atoms. The van der Waals surface area contributed by atoms with Crippen LogP contribution < -0.4 is 0 Å². The predicted octanol–water partition coefficient (Wildman–Crippen LogP) is 4.19. The molecule has 0 unspecified atom stereocenters. The molecule has 1 saturated carbocycles. The van der Waals surface area contributed by atoms with Gasteiger partial charge < -0.3 is 0 Å². The van der Waals surface area contributed by atoms with Crippen molar-refractivity contribution in [3.63, 3.8) is 0 Å². The van der Waals surface area contributed by atoms with E-state index in [9.17, 15) is 0 Å². The highest BCUT2D eigenvalue weighted by atomic mass is 15.2. The molecule has 1 aliphatic carbocycles. The molecular weight excluding hydrogens is 218 g/mol. The summed E-state index contributed by atoms with van der Waals surface area (Å²) in [6, 6.07) is 11.3. The van der Waals surface area contributed by atoms with Crippen molar-refractivity contribution < 1.29 is 0 Å². The lowest BCUT2D eigenvalue weighted by Crippen LogP contribution is -2.48. The Kier molecular flexibility index (Phi) is 3.43. The number of rotatable bonds is 2. The van der Waals surface area contributed by atoms with Gasteiger partial charge in [-0.25, -0.2) is 0 Å². The van der Waals surface area contributed by atoms with Crippen LogP contribution in [0.5, 0.6) is 0 Å². The molecular formula is C17H25N. The van der Waals surface area contributed by atoms with Gasteiger partial charge in [0, 0.05) is 5.54 Å². The highest BCUT2D eigenvalue weighted by molar-refractivity contribution is 5.26. The molecule has 0 spiro atoms. The van der Waals surface area contributed by atoms with E-state index >= 15 is 0 Å². The van der Waals surface area contributed by atoms with E-state index in [1.165, 1.54) is 51.6 Å². The molecule has 1 nitrogen and oxygen atoms in total. The van der Waals surface area contributed by atoms with E-state index in [1.807, 2.05) is 0 Å². The molecule has 1 aromatic rings. The average Bonchev–Trinajstić information content (AvgIpc) is 2.91. The van der Waals surface area contributed by atoms with Crippen LogP contribution in [-0.4, -0.2) is 18.0 Å². The molecule has 1 heterocycles. The third kappa shape index (κ3) is 2.09. The van der Waals surface area contributed by atoms with Crippen LogP contribution in [-0.2, 0) is 5.54 Å². The molecule has 0 atom stereocenters. The summed E-state index contributed by atoms with van der Waals surface area (Å²) in [4.78, 5) is 2.80. The normalized spacial score (nSPS) is 25.4. The third-order valence-electron chi connectivity index (χ3n) is 5.13. The van der Waals surface area contributed by atoms with Crippen LogP contribution in [0, 0.1) is 5.92 Å². The van der Waals surface area contributed by atoms with Crippen LogP contribution in [0.3, 0.4) is 0 Å². The summed E-state index contributed by atoms with van der Waals surface area (Å²) in [5.74, 6) is 0.926. The van der Waals surface area contributed by atoms with Crippen LogP contribution in [0.1, 0.15) is 51.0 Å². The van der Waals surface area contributed by atoms with Gasteiger partial charge in [-0.1, -0.05) is 50.1 Å². The number of piperidine rings is 1. The van der Waals surface area contributed by atoms with E-state index in [2.05, 4.69) is 42.2 Å². The first-order valence-corrected chi connectivity index (χ1v) is 7.62. The summed E-state index contributed by atoms with van der Waals surface area (Å²) in [6.07, 6.45) is 8.31. The summed E-state index contributed by atoms with van der Waals surface area (Å²) in [6.45, 7) is 5.01. The fourth-order valence-electron chi connectivity index (χ4n) is 3.93. The van der Waals surface area contributed by atoms with Gasteiger partial charge in [0.25, 0.3) is 0 Å². The largest absolute Gasteiger partial charge is 0.294 e. The molecule has 1 heteroatoms. The van der Waals surface area contributed by atoms with Gasteiger partial charge in [0.15, 0.2) is 0 Å². The Morgan fingerprint density at radius 3 is 2.22 bits per heavy atom. The van der Waals surface area contributed by atoms with Crippen molar-refractivity contribution in [2.24, 2.45) is 5.92 Å². The Balaban J connectivity index is 1.87. The zero-order valence-corrected chi connectivity index (χ0v) is 11.6. The minimum Gasteiger partial charge on any atom is -0.294 e. The maximum absolute atomic E-state index is 2.80. The number of benzene rings is 1. The quantitative estimate of drug-likeness (QED) is 0.753. The minimum atomic E-state index is 0.376. The molecule has 0 N–H and O–H groups in total. The summed E-state index contributed by atoms with van der Waals surface area (Å²) >= 11 is 0. The first-order valence-electron chi connectivity index (χ1n) is 7.62. The van der Waals surface area contributed by atoms with Crippen molar-refractivity contribution in [1.82, 2.24) is 4.90 Å². The van der Waals surface area contributed by atoms with Gasteiger partial charge in [-0.05, 0) is 50.3 Å². The highest BCUT2D eigenvalue weighted by Gasteiger charge is 2.41. The zero-order chi connectivity index (χ0) is 12.4. The van der Waals surface area contributed by atoms with E-state index in [-0.39, 0.29) is 0 Å². The standard InChI is InChI=1S/C17H25N/c1-15-9-13-18(14-10-15)17(11-5-6-12-17)16-7-3-2-4-8-16/h2-4,7-8,15H,5-6,9-14H2,1H3. The van der Waals surface area contributed by atoms with E-state index in [4.69, 9.17) is 0 Å². The number of hydrogen-bond donors (Lipinski definition) is 0. The van der Waals surface area contributed by atoms with Gasteiger partial charge in [-0.2, -0.15) is 0 Å². The first kappa shape index (κ1) is 12.2. The topological polar surface area (TPSA) is 3.24 Å². The summed E-state index contributed by atoms with van der Waals surface area (Å²) in [5.41, 5.74) is 1.94. The predicted molar refractivity (Wildman–Crippen MR) is 76.6 cm³/mol. The Hall–Kier alpha value is -0.820. The van der Waals surface area contributed by atoms with Crippen molar-refractivity contribution in [3.8, 4) is 0 Å². The van der Waals surface area contributed by atoms with E-state index < -0.39 is 0 Å². The van der Waals surface area contributed by atoms with Crippen LogP contribution in [0.25, 0.3) is 0 Å².